The lowest BCUT2D eigenvalue weighted by Gasteiger charge is -2.30. The van der Waals surface area contributed by atoms with Crippen molar-refractivity contribution >= 4 is 60.9 Å². The number of fused-ring (bicyclic) bond motifs is 13. The molecule has 292 valence electrons. The van der Waals surface area contributed by atoms with Crippen molar-refractivity contribution in [3.63, 3.8) is 0 Å². The van der Waals surface area contributed by atoms with E-state index in [0.717, 1.165) is 50.2 Å². The summed E-state index contributed by atoms with van der Waals surface area (Å²) in [6, 6.07) is 47.4. The molecular weight excluding hydrogens is 719 g/mol. The molecule has 0 unspecified atom stereocenters. The zero-order valence-electron chi connectivity index (χ0n) is 35.9. The topological polar surface area (TPSA) is 29.5 Å². The highest BCUT2D eigenvalue weighted by Crippen LogP contribution is 2.56. The fourth-order valence-electron chi connectivity index (χ4n) is 10.5. The summed E-state index contributed by atoms with van der Waals surface area (Å²) in [5.41, 5.74) is 19.6. The minimum atomic E-state index is -0.265. The summed E-state index contributed by atoms with van der Waals surface area (Å²) in [5, 5.41) is 4.62. The molecule has 9 aromatic rings. The highest BCUT2D eigenvalue weighted by Gasteiger charge is 2.40. The summed E-state index contributed by atoms with van der Waals surface area (Å²) in [6.07, 6.45) is 0. The van der Waals surface area contributed by atoms with Crippen LogP contribution in [0.2, 0.25) is 0 Å². The third-order valence-electron chi connectivity index (χ3n) is 13.7. The Morgan fingerprint density at radius 2 is 1.10 bits per heavy atom. The van der Waals surface area contributed by atoms with Gasteiger partial charge in [-0.1, -0.05) is 148 Å². The molecule has 0 radical (unpaired) electrons. The second kappa shape index (κ2) is 11.8. The van der Waals surface area contributed by atoms with Crippen molar-refractivity contribution in [1.82, 2.24) is 0 Å². The molecular formula is C56H51NO2. The van der Waals surface area contributed by atoms with E-state index in [-0.39, 0.29) is 21.7 Å². The molecule has 0 amide bonds. The molecule has 0 bridgehead atoms. The summed E-state index contributed by atoms with van der Waals surface area (Å²) < 4.78 is 13.6. The molecule has 59 heavy (non-hydrogen) atoms. The van der Waals surface area contributed by atoms with Crippen LogP contribution in [0.5, 0.6) is 0 Å². The third-order valence-corrected chi connectivity index (χ3v) is 13.7. The van der Waals surface area contributed by atoms with Crippen molar-refractivity contribution in [2.24, 2.45) is 0 Å². The Kier molecular flexibility index (Phi) is 7.20. The predicted molar refractivity (Wildman–Crippen MR) is 248 cm³/mol. The van der Waals surface area contributed by atoms with Crippen LogP contribution in [0.25, 0.3) is 66.1 Å². The molecule has 7 aromatic carbocycles. The van der Waals surface area contributed by atoms with Crippen molar-refractivity contribution in [2.75, 3.05) is 4.90 Å². The van der Waals surface area contributed by atoms with E-state index in [1.807, 2.05) is 0 Å². The summed E-state index contributed by atoms with van der Waals surface area (Å²) >= 11 is 0. The Bertz CT molecular complexity index is 3240. The van der Waals surface area contributed by atoms with Crippen molar-refractivity contribution in [1.29, 1.82) is 0 Å². The van der Waals surface area contributed by atoms with Gasteiger partial charge in [-0.05, 0) is 104 Å². The Morgan fingerprint density at radius 3 is 1.85 bits per heavy atom. The normalized spacial score (nSPS) is 15.2. The Hall–Kier alpha value is -6.06. The van der Waals surface area contributed by atoms with Crippen LogP contribution in [0, 0.1) is 0 Å². The van der Waals surface area contributed by atoms with E-state index in [1.165, 1.54) is 66.4 Å². The average molecular weight is 770 g/mol. The molecule has 0 N–H and O–H groups in total. The monoisotopic (exact) mass is 769 g/mol. The van der Waals surface area contributed by atoms with Gasteiger partial charge in [0.25, 0.3) is 0 Å². The van der Waals surface area contributed by atoms with Crippen LogP contribution in [-0.2, 0) is 21.7 Å². The highest BCUT2D eigenvalue weighted by molar-refractivity contribution is 6.15. The van der Waals surface area contributed by atoms with Crippen molar-refractivity contribution in [3.8, 4) is 22.3 Å². The van der Waals surface area contributed by atoms with E-state index >= 15 is 0 Å². The van der Waals surface area contributed by atoms with Crippen LogP contribution in [0.15, 0.2) is 136 Å². The van der Waals surface area contributed by atoms with Gasteiger partial charge in [0.2, 0.25) is 0 Å². The van der Waals surface area contributed by atoms with Gasteiger partial charge < -0.3 is 13.7 Å². The second-order valence-corrected chi connectivity index (χ2v) is 20.2. The summed E-state index contributed by atoms with van der Waals surface area (Å²) in [5.74, 6) is 0. The lowest BCUT2D eigenvalue weighted by Crippen LogP contribution is -2.18. The molecule has 2 heterocycles. The molecule has 0 saturated heterocycles. The van der Waals surface area contributed by atoms with E-state index in [4.69, 9.17) is 8.83 Å². The first kappa shape index (κ1) is 36.1. The summed E-state index contributed by atoms with van der Waals surface area (Å²) in [4.78, 5) is 2.46. The van der Waals surface area contributed by atoms with Crippen molar-refractivity contribution in [2.45, 2.75) is 90.9 Å². The van der Waals surface area contributed by atoms with E-state index in [0.29, 0.717) is 0 Å². The zero-order valence-corrected chi connectivity index (χ0v) is 35.9. The molecule has 3 nitrogen and oxygen atoms in total. The molecule has 2 aliphatic rings. The highest BCUT2D eigenvalue weighted by atomic mass is 16.3. The minimum Gasteiger partial charge on any atom is -0.456 e. The predicted octanol–water partition coefficient (Wildman–Crippen LogP) is 16.2. The van der Waals surface area contributed by atoms with E-state index in [2.05, 4.69) is 202 Å². The number of anilines is 3. The fourth-order valence-corrected chi connectivity index (χ4v) is 10.5. The number of furan rings is 2. The molecule has 0 saturated carbocycles. The van der Waals surface area contributed by atoms with Gasteiger partial charge in [0, 0.05) is 49.5 Å². The molecule has 2 aromatic heterocycles. The van der Waals surface area contributed by atoms with Crippen LogP contribution in [0.3, 0.4) is 0 Å². The maximum atomic E-state index is 7.14. The Balaban J connectivity index is 1.15. The molecule has 0 atom stereocenters. The lowest BCUT2D eigenvalue weighted by atomic mass is 9.79. The smallest absolute Gasteiger partial charge is 0.143 e. The Morgan fingerprint density at radius 1 is 0.458 bits per heavy atom. The van der Waals surface area contributed by atoms with Gasteiger partial charge in [0.05, 0.1) is 11.1 Å². The van der Waals surface area contributed by atoms with E-state index in [1.54, 1.807) is 0 Å². The second-order valence-electron chi connectivity index (χ2n) is 20.2. The number of para-hydroxylation sites is 1. The molecule has 2 aliphatic carbocycles. The number of nitrogens with zero attached hydrogens (tertiary/aromatic N) is 1. The maximum Gasteiger partial charge on any atom is 0.143 e. The SMILES string of the molecule is CC(C)(C)c1cc(C(C)(C)C)c2oc3c4c(ccc3c2c1)C(C)(C)c1cc(N(c2ccc3c(c2)C(C)(C)c2ccccc2-3)c2cccc3oc5ccccc5c23)ccc1-4. The Labute approximate surface area is 347 Å². The molecule has 0 spiro atoms. The van der Waals surface area contributed by atoms with Crippen LogP contribution >= 0.6 is 0 Å². The first-order valence-corrected chi connectivity index (χ1v) is 21.2. The molecule has 11 rings (SSSR count). The van der Waals surface area contributed by atoms with Crippen LogP contribution in [0.4, 0.5) is 17.1 Å². The van der Waals surface area contributed by atoms with Gasteiger partial charge >= 0.3 is 0 Å². The van der Waals surface area contributed by atoms with Gasteiger partial charge in [0.15, 0.2) is 0 Å². The number of benzene rings is 7. The van der Waals surface area contributed by atoms with Gasteiger partial charge in [-0.25, -0.2) is 0 Å². The van der Waals surface area contributed by atoms with Crippen LogP contribution < -0.4 is 4.90 Å². The summed E-state index contributed by atoms with van der Waals surface area (Å²) in [7, 11) is 0. The first-order chi connectivity index (χ1) is 28.0. The van der Waals surface area contributed by atoms with Crippen LogP contribution in [0.1, 0.15) is 103 Å². The number of hydrogen-bond donors (Lipinski definition) is 0. The average Bonchev–Trinajstić information content (AvgIpc) is 3.90. The molecule has 3 heteroatoms. The standard InChI is InChI=1S/C56H51NO2/c1-53(2,3)32-28-40-37-26-27-42-49(52(37)59-51(40)45(29-32)54(4,5)6)38-25-23-34(31-44(38)56(42,9)10)57(46-19-15-21-48-50(46)39-17-12-14-20-47(39)58-48)33-22-24-36-35-16-11-13-18-41(35)55(7,8)43(36)30-33/h11-31H,1-10H3. The van der Waals surface area contributed by atoms with Gasteiger partial charge in [-0.2, -0.15) is 0 Å². The largest absolute Gasteiger partial charge is 0.456 e. The number of rotatable bonds is 3. The minimum absolute atomic E-state index is 0.0109. The lowest BCUT2D eigenvalue weighted by molar-refractivity contribution is 0.559. The molecule has 0 aliphatic heterocycles. The van der Waals surface area contributed by atoms with Crippen molar-refractivity contribution < 1.29 is 8.83 Å². The number of hydrogen-bond acceptors (Lipinski definition) is 3. The summed E-state index contributed by atoms with van der Waals surface area (Å²) in [6.45, 7) is 23.3. The molecule has 0 fully saturated rings. The van der Waals surface area contributed by atoms with Crippen LogP contribution in [-0.4, -0.2) is 0 Å². The van der Waals surface area contributed by atoms with E-state index in [9.17, 15) is 0 Å². The van der Waals surface area contributed by atoms with Gasteiger partial charge in [-0.3, -0.25) is 0 Å². The zero-order chi connectivity index (χ0) is 41.0. The maximum absolute atomic E-state index is 7.14. The van der Waals surface area contributed by atoms with E-state index < -0.39 is 0 Å². The van der Waals surface area contributed by atoms with Gasteiger partial charge in [-0.15, -0.1) is 0 Å². The quantitative estimate of drug-likeness (QED) is 0.179. The van der Waals surface area contributed by atoms with Crippen molar-refractivity contribution in [3.05, 3.63) is 161 Å². The third kappa shape index (κ3) is 5.00. The van der Waals surface area contributed by atoms with Gasteiger partial charge in [0.1, 0.15) is 22.3 Å². The fraction of sp³-hybridized carbons (Fsp3) is 0.250. The first-order valence-electron chi connectivity index (χ1n) is 21.2.